The van der Waals surface area contributed by atoms with E-state index < -0.39 is 30.0 Å². The zero-order chi connectivity index (χ0) is 33.6. The van der Waals surface area contributed by atoms with Gasteiger partial charge in [-0.25, -0.2) is 0 Å². The standard InChI is InChI=1S/C37H36N2O6S2/c1-3-39(26-29-12-8-5-9-13-29)33-20-16-31(17-21-33)37(35-23-22-34(46(40,41)42)25-36(35)47(43,44)45)30-14-18-32(19-15-30)38-27(2)24-28-10-6-4-7-11-28/h4-23,25,27H,3,24,26H2,1-2H3,(H,40,41,42)(H,43,44,45). The molecule has 47 heavy (non-hydrogen) atoms. The predicted molar refractivity (Wildman–Crippen MR) is 187 cm³/mol. The van der Waals surface area contributed by atoms with Crippen LogP contribution in [0.15, 0.2) is 148 Å². The van der Waals surface area contributed by atoms with Crippen molar-refractivity contribution in [2.75, 3.05) is 11.4 Å². The van der Waals surface area contributed by atoms with Gasteiger partial charge in [0.25, 0.3) is 20.2 Å². The molecule has 5 rings (SSSR count). The van der Waals surface area contributed by atoms with E-state index in [-0.39, 0.29) is 11.6 Å². The van der Waals surface area contributed by atoms with Gasteiger partial charge >= 0.3 is 0 Å². The Hall–Kier alpha value is -4.61. The van der Waals surface area contributed by atoms with Gasteiger partial charge in [-0.3, -0.25) is 14.1 Å². The van der Waals surface area contributed by atoms with Crippen LogP contribution < -0.4 is 4.90 Å². The summed E-state index contributed by atoms with van der Waals surface area (Å²) in [5.74, 6) is 0. The molecule has 1 aliphatic carbocycles. The molecule has 1 atom stereocenters. The summed E-state index contributed by atoms with van der Waals surface area (Å²) in [6.45, 7) is 5.55. The fourth-order valence-corrected chi connectivity index (χ4v) is 6.86. The van der Waals surface area contributed by atoms with Gasteiger partial charge in [0.2, 0.25) is 0 Å². The zero-order valence-corrected chi connectivity index (χ0v) is 27.7. The highest BCUT2D eigenvalue weighted by Crippen LogP contribution is 2.36. The molecule has 0 saturated carbocycles. The highest BCUT2D eigenvalue weighted by molar-refractivity contribution is 7.86. The Labute approximate surface area is 276 Å². The van der Waals surface area contributed by atoms with Crippen molar-refractivity contribution in [1.29, 1.82) is 0 Å². The van der Waals surface area contributed by atoms with E-state index in [0.29, 0.717) is 23.3 Å². The molecule has 0 aromatic heterocycles. The Morgan fingerprint density at radius 1 is 0.745 bits per heavy atom. The third kappa shape index (κ3) is 8.60. The molecule has 1 unspecified atom stereocenters. The van der Waals surface area contributed by atoms with Gasteiger partial charge in [-0.05, 0) is 84.5 Å². The first-order valence-corrected chi connectivity index (χ1v) is 18.0. The molecule has 8 nitrogen and oxygen atoms in total. The summed E-state index contributed by atoms with van der Waals surface area (Å²) < 4.78 is 68.9. The molecule has 0 heterocycles. The molecule has 0 saturated heterocycles. The number of benzene rings is 4. The van der Waals surface area contributed by atoms with Crippen molar-refractivity contribution in [3.8, 4) is 0 Å². The van der Waals surface area contributed by atoms with Crippen molar-refractivity contribution in [2.45, 2.75) is 42.6 Å². The van der Waals surface area contributed by atoms with Gasteiger partial charge in [-0.1, -0.05) is 91.0 Å². The first-order chi connectivity index (χ1) is 22.4. The van der Waals surface area contributed by atoms with E-state index in [1.807, 2.05) is 91.9 Å². The maximum absolute atomic E-state index is 12.6. The fourth-order valence-electron chi connectivity index (χ4n) is 5.56. The summed E-state index contributed by atoms with van der Waals surface area (Å²) in [6, 6.07) is 30.9. The van der Waals surface area contributed by atoms with E-state index in [2.05, 4.69) is 36.1 Å². The van der Waals surface area contributed by atoms with Crippen molar-refractivity contribution < 1.29 is 25.9 Å². The molecular formula is C37H36N2O6S2. The number of hydrogen-bond donors (Lipinski definition) is 2. The maximum atomic E-state index is 12.6. The Balaban J connectivity index is 1.57. The summed E-state index contributed by atoms with van der Waals surface area (Å²) in [5.41, 5.74) is 5.81. The first kappa shape index (κ1) is 33.7. The number of nitrogens with zero attached hydrogens (tertiary/aromatic N) is 2. The van der Waals surface area contributed by atoms with E-state index in [4.69, 9.17) is 4.99 Å². The maximum Gasteiger partial charge on any atom is 0.295 e. The molecule has 10 heteroatoms. The summed E-state index contributed by atoms with van der Waals surface area (Å²) in [6.07, 6.45) is 8.07. The van der Waals surface area contributed by atoms with Crippen LogP contribution >= 0.6 is 0 Å². The van der Waals surface area contributed by atoms with E-state index in [1.54, 1.807) is 0 Å². The predicted octanol–water partition coefficient (Wildman–Crippen LogP) is 7.21. The van der Waals surface area contributed by atoms with Crippen molar-refractivity contribution in [2.24, 2.45) is 4.99 Å². The summed E-state index contributed by atoms with van der Waals surface area (Å²) >= 11 is 0. The van der Waals surface area contributed by atoms with Crippen molar-refractivity contribution in [3.63, 3.8) is 0 Å². The highest BCUT2D eigenvalue weighted by Gasteiger charge is 2.25. The Kier molecular flexibility index (Phi) is 10.4. The van der Waals surface area contributed by atoms with E-state index in [9.17, 15) is 25.9 Å². The molecular weight excluding hydrogens is 633 g/mol. The number of hydrogen-bond acceptors (Lipinski definition) is 6. The SMILES string of the molecule is CCN(Cc1ccccc1)c1ccc(C(=C2C=CC(=NC(C)Cc3ccccc3)C=C2)c2ccc(S(=O)(=O)O)cc2S(=O)(=O)O)cc1. The van der Waals surface area contributed by atoms with Crippen LogP contribution in [-0.4, -0.2) is 44.2 Å². The van der Waals surface area contributed by atoms with Crippen LogP contribution in [0.2, 0.25) is 0 Å². The minimum Gasteiger partial charge on any atom is -0.367 e. The van der Waals surface area contributed by atoms with Crippen LogP contribution in [0.3, 0.4) is 0 Å². The molecule has 0 spiro atoms. The van der Waals surface area contributed by atoms with Crippen molar-refractivity contribution >= 4 is 37.2 Å². The molecule has 1 aliphatic rings. The quantitative estimate of drug-likeness (QED) is 0.162. The Morgan fingerprint density at radius 3 is 1.89 bits per heavy atom. The van der Waals surface area contributed by atoms with Crippen LogP contribution in [0.25, 0.3) is 5.57 Å². The zero-order valence-electron chi connectivity index (χ0n) is 26.1. The van der Waals surface area contributed by atoms with Gasteiger partial charge in [0.05, 0.1) is 16.6 Å². The van der Waals surface area contributed by atoms with Gasteiger partial charge in [-0.2, -0.15) is 16.8 Å². The average Bonchev–Trinajstić information content (AvgIpc) is 3.05. The third-order valence-electron chi connectivity index (χ3n) is 7.82. The van der Waals surface area contributed by atoms with E-state index >= 15 is 0 Å². The molecule has 4 aromatic carbocycles. The lowest BCUT2D eigenvalue weighted by molar-refractivity contribution is 0.481. The monoisotopic (exact) mass is 668 g/mol. The fraction of sp³-hybridized carbons (Fsp3) is 0.162. The first-order valence-electron chi connectivity index (χ1n) is 15.1. The second kappa shape index (κ2) is 14.4. The molecule has 4 aromatic rings. The van der Waals surface area contributed by atoms with Gasteiger partial charge in [0.15, 0.2) is 0 Å². The normalized spacial score (nSPS) is 13.8. The van der Waals surface area contributed by atoms with Crippen molar-refractivity contribution in [3.05, 3.63) is 155 Å². The molecule has 242 valence electrons. The second-order valence-corrected chi connectivity index (χ2v) is 14.1. The topological polar surface area (TPSA) is 124 Å². The molecule has 0 radical (unpaired) electrons. The lowest BCUT2D eigenvalue weighted by Gasteiger charge is -2.24. The molecule has 0 amide bonds. The van der Waals surface area contributed by atoms with E-state index in [1.165, 1.54) is 11.6 Å². The van der Waals surface area contributed by atoms with Gasteiger partial charge in [0, 0.05) is 24.3 Å². The van der Waals surface area contributed by atoms with Gasteiger partial charge < -0.3 is 4.90 Å². The number of allylic oxidation sites excluding steroid dienone is 5. The Bertz CT molecular complexity index is 2050. The highest BCUT2D eigenvalue weighted by atomic mass is 32.2. The average molecular weight is 669 g/mol. The summed E-state index contributed by atoms with van der Waals surface area (Å²) in [5, 5.41) is 0. The smallest absolute Gasteiger partial charge is 0.295 e. The number of rotatable bonds is 11. The molecule has 0 aliphatic heterocycles. The third-order valence-corrected chi connectivity index (χ3v) is 9.56. The second-order valence-electron chi connectivity index (χ2n) is 11.2. The molecule has 0 bridgehead atoms. The number of anilines is 1. The lowest BCUT2D eigenvalue weighted by atomic mass is 9.90. The van der Waals surface area contributed by atoms with E-state index in [0.717, 1.165) is 42.1 Å². The van der Waals surface area contributed by atoms with Crippen LogP contribution in [-0.2, 0) is 33.2 Å². The lowest BCUT2D eigenvalue weighted by Crippen LogP contribution is -2.21. The van der Waals surface area contributed by atoms with Crippen molar-refractivity contribution in [1.82, 2.24) is 0 Å². The van der Waals surface area contributed by atoms with Crippen LogP contribution in [0, 0.1) is 0 Å². The van der Waals surface area contributed by atoms with Crippen LogP contribution in [0.5, 0.6) is 0 Å². The summed E-state index contributed by atoms with van der Waals surface area (Å²) in [7, 11) is -9.66. The van der Waals surface area contributed by atoms with Crippen LogP contribution in [0.1, 0.15) is 36.1 Å². The molecule has 2 N–H and O–H groups in total. The minimum atomic E-state index is -4.91. The largest absolute Gasteiger partial charge is 0.367 e. The molecule has 0 fully saturated rings. The number of aliphatic imine (C=N–C) groups is 1. The summed E-state index contributed by atoms with van der Waals surface area (Å²) in [4.78, 5) is 5.74. The van der Waals surface area contributed by atoms with Gasteiger partial charge in [-0.15, -0.1) is 0 Å². The Morgan fingerprint density at radius 2 is 1.34 bits per heavy atom. The minimum absolute atomic E-state index is 0.00995. The van der Waals surface area contributed by atoms with Crippen LogP contribution in [0.4, 0.5) is 5.69 Å². The van der Waals surface area contributed by atoms with Gasteiger partial charge in [0.1, 0.15) is 4.90 Å².